The number of carbonyl (C=O) groups excluding carboxylic acids is 1. The van der Waals surface area contributed by atoms with E-state index >= 15 is 0 Å². The van der Waals surface area contributed by atoms with Crippen LogP contribution in [-0.2, 0) is 4.74 Å². The fourth-order valence-corrected chi connectivity index (χ4v) is 1.66. The highest BCUT2D eigenvalue weighted by molar-refractivity contribution is 5.92. The van der Waals surface area contributed by atoms with Crippen LogP contribution in [0.3, 0.4) is 0 Å². The Kier molecular flexibility index (Phi) is 5.24. The molecular weight excluding hydrogens is 273 g/mol. The predicted octanol–water partition coefficient (Wildman–Crippen LogP) is 2.83. The molecule has 0 aliphatic heterocycles. The van der Waals surface area contributed by atoms with Crippen LogP contribution >= 0.6 is 0 Å². The molecule has 1 rings (SSSR count). The standard InChI is InChI=1S/C13H17F3N2O2/c1-3-20-12(19)9-4-5-11(10(17)8-9)18(2)7-6-13(14,15)16/h4-5,8H,3,6-7,17H2,1-2H3. The molecule has 0 aliphatic carbocycles. The van der Waals surface area contributed by atoms with Crippen LogP contribution in [0.15, 0.2) is 18.2 Å². The Labute approximate surface area is 115 Å². The van der Waals surface area contributed by atoms with Gasteiger partial charge in [-0.05, 0) is 25.1 Å². The molecule has 0 amide bonds. The number of nitrogens with two attached hydrogens (primary N) is 1. The van der Waals surface area contributed by atoms with Crippen LogP contribution in [0.2, 0.25) is 0 Å². The summed E-state index contributed by atoms with van der Waals surface area (Å²) in [6.07, 6.45) is -5.14. The van der Waals surface area contributed by atoms with Crippen molar-refractivity contribution in [2.45, 2.75) is 19.5 Å². The minimum absolute atomic E-state index is 0.202. The summed E-state index contributed by atoms with van der Waals surface area (Å²) < 4.78 is 41.3. The highest BCUT2D eigenvalue weighted by Gasteiger charge is 2.27. The average molecular weight is 290 g/mol. The molecule has 112 valence electrons. The fraction of sp³-hybridized carbons (Fsp3) is 0.462. The van der Waals surface area contributed by atoms with Gasteiger partial charge < -0.3 is 15.4 Å². The van der Waals surface area contributed by atoms with Crippen molar-refractivity contribution in [3.63, 3.8) is 0 Å². The molecule has 0 atom stereocenters. The third-order valence-electron chi connectivity index (χ3n) is 2.68. The molecule has 0 aliphatic rings. The summed E-state index contributed by atoms with van der Waals surface area (Å²) in [5.41, 5.74) is 6.72. The number of carbonyl (C=O) groups is 1. The lowest BCUT2D eigenvalue weighted by atomic mass is 10.1. The monoisotopic (exact) mass is 290 g/mol. The van der Waals surface area contributed by atoms with Gasteiger partial charge in [0.05, 0.1) is 30.0 Å². The van der Waals surface area contributed by atoms with Gasteiger partial charge in [-0.1, -0.05) is 0 Å². The summed E-state index contributed by atoms with van der Waals surface area (Å²) in [6.45, 7) is 1.72. The number of halogens is 3. The van der Waals surface area contributed by atoms with Crippen molar-refractivity contribution in [3.05, 3.63) is 23.8 Å². The summed E-state index contributed by atoms with van der Waals surface area (Å²) in [4.78, 5) is 12.9. The predicted molar refractivity (Wildman–Crippen MR) is 70.8 cm³/mol. The maximum absolute atomic E-state index is 12.2. The molecule has 0 bridgehead atoms. The number of nitrogen functional groups attached to an aromatic ring is 1. The van der Waals surface area contributed by atoms with Crippen molar-refractivity contribution in [2.75, 3.05) is 30.8 Å². The van der Waals surface area contributed by atoms with Gasteiger partial charge in [0.1, 0.15) is 0 Å². The van der Waals surface area contributed by atoms with Crippen LogP contribution in [0.1, 0.15) is 23.7 Å². The number of anilines is 2. The highest BCUT2D eigenvalue weighted by Crippen LogP contribution is 2.26. The number of rotatable bonds is 5. The first kappa shape index (κ1) is 16.1. The Morgan fingerprint density at radius 1 is 1.40 bits per heavy atom. The minimum Gasteiger partial charge on any atom is -0.462 e. The zero-order valence-corrected chi connectivity index (χ0v) is 11.3. The van der Waals surface area contributed by atoms with E-state index in [1.165, 1.54) is 30.1 Å². The number of esters is 1. The van der Waals surface area contributed by atoms with Gasteiger partial charge in [0.2, 0.25) is 0 Å². The van der Waals surface area contributed by atoms with E-state index in [0.717, 1.165) is 0 Å². The van der Waals surface area contributed by atoms with Crippen LogP contribution in [0.25, 0.3) is 0 Å². The number of hydrogen-bond donors (Lipinski definition) is 1. The first-order valence-electron chi connectivity index (χ1n) is 6.09. The van der Waals surface area contributed by atoms with E-state index in [1.54, 1.807) is 6.92 Å². The van der Waals surface area contributed by atoms with Crippen molar-refractivity contribution in [1.82, 2.24) is 0 Å². The van der Waals surface area contributed by atoms with Crippen molar-refractivity contribution < 1.29 is 22.7 Å². The Hall–Kier alpha value is -1.92. The Morgan fingerprint density at radius 3 is 2.55 bits per heavy atom. The van der Waals surface area contributed by atoms with Gasteiger partial charge in [-0.25, -0.2) is 4.79 Å². The Morgan fingerprint density at radius 2 is 2.05 bits per heavy atom. The molecule has 1 aromatic carbocycles. The summed E-state index contributed by atoms with van der Waals surface area (Å²) in [5, 5.41) is 0. The van der Waals surface area contributed by atoms with E-state index < -0.39 is 18.6 Å². The zero-order valence-electron chi connectivity index (χ0n) is 11.3. The molecule has 0 aromatic heterocycles. The maximum atomic E-state index is 12.2. The van der Waals surface area contributed by atoms with Crippen molar-refractivity contribution in [3.8, 4) is 0 Å². The molecule has 20 heavy (non-hydrogen) atoms. The van der Waals surface area contributed by atoms with E-state index in [4.69, 9.17) is 10.5 Å². The van der Waals surface area contributed by atoms with E-state index in [2.05, 4.69) is 0 Å². The zero-order chi connectivity index (χ0) is 15.3. The van der Waals surface area contributed by atoms with Gasteiger partial charge in [-0.15, -0.1) is 0 Å². The first-order valence-corrected chi connectivity index (χ1v) is 6.09. The van der Waals surface area contributed by atoms with Crippen LogP contribution in [0, 0.1) is 0 Å². The SMILES string of the molecule is CCOC(=O)c1ccc(N(C)CCC(F)(F)F)c(N)c1. The Balaban J connectivity index is 2.79. The topological polar surface area (TPSA) is 55.6 Å². The first-order chi connectivity index (χ1) is 9.24. The molecule has 0 unspecified atom stereocenters. The average Bonchev–Trinajstić information content (AvgIpc) is 2.35. The number of hydrogen-bond acceptors (Lipinski definition) is 4. The maximum Gasteiger partial charge on any atom is 0.390 e. The largest absolute Gasteiger partial charge is 0.462 e. The lowest BCUT2D eigenvalue weighted by Crippen LogP contribution is -2.24. The second-order valence-electron chi connectivity index (χ2n) is 4.28. The lowest BCUT2D eigenvalue weighted by Gasteiger charge is -2.22. The van der Waals surface area contributed by atoms with Gasteiger partial charge in [-0.2, -0.15) is 13.2 Å². The minimum atomic E-state index is -4.21. The highest BCUT2D eigenvalue weighted by atomic mass is 19.4. The van der Waals surface area contributed by atoms with Gasteiger partial charge >= 0.3 is 12.1 Å². The number of alkyl halides is 3. The van der Waals surface area contributed by atoms with E-state index in [9.17, 15) is 18.0 Å². The van der Waals surface area contributed by atoms with Crippen molar-refractivity contribution in [2.24, 2.45) is 0 Å². The molecule has 2 N–H and O–H groups in total. The molecule has 0 heterocycles. The second kappa shape index (κ2) is 6.49. The third-order valence-corrected chi connectivity index (χ3v) is 2.68. The summed E-state index contributed by atoms with van der Waals surface area (Å²) in [7, 11) is 1.52. The van der Waals surface area contributed by atoms with E-state index in [-0.39, 0.29) is 24.4 Å². The molecule has 0 spiro atoms. The molecule has 0 saturated heterocycles. The second-order valence-corrected chi connectivity index (χ2v) is 4.28. The van der Waals surface area contributed by atoms with E-state index in [1.807, 2.05) is 0 Å². The third kappa shape index (κ3) is 4.64. The summed E-state index contributed by atoms with van der Waals surface area (Å²) in [5.74, 6) is -0.510. The van der Waals surface area contributed by atoms with Crippen molar-refractivity contribution in [1.29, 1.82) is 0 Å². The smallest absolute Gasteiger partial charge is 0.390 e. The molecule has 0 saturated carbocycles. The van der Waals surface area contributed by atoms with Gasteiger partial charge in [0.15, 0.2) is 0 Å². The normalized spacial score (nSPS) is 11.2. The molecule has 0 fully saturated rings. The van der Waals surface area contributed by atoms with Gasteiger partial charge in [-0.3, -0.25) is 0 Å². The van der Waals surface area contributed by atoms with E-state index in [0.29, 0.717) is 5.69 Å². The summed E-state index contributed by atoms with van der Waals surface area (Å²) in [6, 6.07) is 4.39. The van der Waals surface area contributed by atoms with Gasteiger partial charge in [0, 0.05) is 13.6 Å². The number of nitrogens with zero attached hydrogens (tertiary/aromatic N) is 1. The van der Waals surface area contributed by atoms with Gasteiger partial charge in [0.25, 0.3) is 0 Å². The Bertz CT molecular complexity index is 475. The van der Waals surface area contributed by atoms with Crippen molar-refractivity contribution >= 4 is 17.3 Å². The molecule has 4 nitrogen and oxygen atoms in total. The number of benzene rings is 1. The van der Waals surface area contributed by atoms with Crippen LogP contribution in [-0.4, -0.2) is 32.3 Å². The molecule has 1 aromatic rings. The summed E-state index contributed by atoms with van der Waals surface area (Å²) >= 11 is 0. The molecule has 7 heteroatoms. The van der Waals surface area contributed by atoms with Crippen LogP contribution in [0.5, 0.6) is 0 Å². The van der Waals surface area contributed by atoms with Crippen LogP contribution in [0.4, 0.5) is 24.5 Å². The van der Waals surface area contributed by atoms with Crippen LogP contribution < -0.4 is 10.6 Å². The molecular formula is C13H17F3N2O2. The fourth-order valence-electron chi connectivity index (χ4n) is 1.66. The quantitative estimate of drug-likeness (QED) is 0.669. The molecule has 0 radical (unpaired) electrons. The number of ether oxygens (including phenoxy) is 1. The lowest BCUT2D eigenvalue weighted by molar-refractivity contribution is -0.132.